The van der Waals surface area contributed by atoms with Crippen LogP contribution in [0.2, 0.25) is 0 Å². The minimum absolute atomic E-state index is 0.0136. The second kappa shape index (κ2) is 9.43. The summed E-state index contributed by atoms with van der Waals surface area (Å²) in [5.74, 6) is -0.0314. The van der Waals surface area contributed by atoms with Crippen LogP contribution in [0, 0.1) is 6.57 Å². The van der Waals surface area contributed by atoms with Crippen LogP contribution in [0.4, 0.5) is 5.69 Å². The third-order valence-electron chi connectivity index (χ3n) is 9.00. The summed E-state index contributed by atoms with van der Waals surface area (Å²) in [5.41, 5.74) is 10.7. The Morgan fingerprint density at radius 2 is 1.33 bits per heavy atom. The van der Waals surface area contributed by atoms with Gasteiger partial charge in [-0.2, -0.15) is 0 Å². The normalized spacial score (nSPS) is 13.9. The summed E-state index contributed by atoms with van der Waals surface area (Å²) in [7, 11) is -3.37. The maximum atomic E-state index is 13.3. The van der Waals surface area contributed by atoms with E-state index in [2.05, 4.69) is 45.8 Å². The molecule has 5 nitrogen and oxygen atoms in total. The molecule has 0 saturated carbocycles. The van der Waals surface area contributed by atoms with Gasteiger partial charge in [-0.1, -0.05) is 72.8 Å². The Labute approximate surface area is 259 Å². The molecule has 1 aliphatic heterocycles. The predicted molar refractivity (Wildman–Crippen MR) is 182 cm³/mol. The molecule has 214 valence electrons. The zero-order valence-electron chi connectivity index (χ0n) is 24.0. The first-order valence-electron chi connectivity index (χ1n) is 14.8. The van der Waals surface area contributed by atoms with E-state index >= 15 is 0 Å². The third kappa shape index (κ3) is 3.95. The molecular formula is C39H24N2O3S. The lowest BCUT2D eigenvalue weighted by Gasteiger charge is -2.15. The Balaban J connectivity index is 1.30. The highest BCUT2D eigenvalue weighted by Crippen LogP contribution is 2.42. The van der Waals surface area contributed by atoms with E-state index in [1.165, 1.54) is 0 Å². The molecule has 2 aromatic heterocycles. The standard InChI is InChI=1S/C39H24N2O3S/c1-40-27-16-18-36-34(20-27)30-7-2-4-10-35(30)41(36)28-17-15-26-23-45(42,43)22-25-14-13-24(19-32(25)33(26)21-28)29-9-6-12-38-39(29)31-8-3-5-11-37(31)44-38/h2-21H,22-23H2. The summed E-state index contributed by atoms with van der Waals surface area (Å²) >= 11 is 0. The van der Waals surface area contributed by atoms with Gasteiger partial charge in [0.15, 0.2) is 15.5 Å². The number of sulfone groups is 1. The van der Waals surface area contributed by atoms with E-state index in [-0.39, 0.29) is 11.5 Å². The number of hydrogen-bond donors (Lipinski definition) is 0. The number of rotatable bonds is 2. The van der Waals surface area contributed by atoms with E-state index in [9.17, 15) is 8.42 Å². The van der Waals surface area contributed by atoms with Crippen molar-refractivity contribution in [3.05, 3.63) is 144 Å². The van der Waals surface area contributed by atoms with Gasteiger partial charge in [0.1, 0.15) is 11.2 Å². The maximum Gasteiger partial charge on any atom is 0.188 e. The zero-order chi connectivity index (χ0) is 30.3. The number of nitrogens with zero attached hydrogens (tertiary/aromatic N) is 2. The average molecular weight is 601 g/mol. The van der Waals surface area contributed by atoms with Crippen molar-refractivity contribution in [2.24, 2.45) is 0 Å². The summed E-state index contributed by atoms with van der Waals surface area (Å²) < 4.78 is 35.0. The summed E-state index contributed by atoms with van der Waals surface area (Å²) in [4.78, 5) is 3.66. The van der Waals surface area contributed by atoms with Gasteiger partial charge >= 0.3 is 0 Å². The first-order valence-corrected chi connectivity index (χ1v) is 16.6. The topological polar surface area (TPSA) is 56.6 Å². The molecule has 0 saturated heterocycles. The number of para-hydroxylation sites is 2. The molecule has 9 rings (SSSR count). The Bertz CT molecular complexity index is 2690. The number of hydrogen-bond acceptors (Lipinski definition) is 3. The van der Waals surface area contributed by atoms with Gasteiger partial charge in [0.05, 0.1) is 29.1 Å². The lowest BCUT2D eigenvalue weighted by atomic mass is 9.91. The summed E-state index contributed by atoms with van der Waals surface area (Å²) in [6.45, 7) is 7.54. The Hall–Kier alpha value is -5.64. The maximum absolute atomic E-state index is 13.3. The van der Waals surface area contributed by atoms with Crippen LogP contribution in [0.15, 0.2) is 126 Å². The minimum atomic E-state index is -3.37. The van der Waals surface area contributed by atoms with Gasteiger partial charge in [0.25, 0.3) is 0 Å². The van der Waals surface area contributed by atoms with Crippen molar-refractivity contribution in [1.29, 1.82) is 0 Å². The fourth-order valence-electron chi connectivity index (χ4n) is 7.05. The summed E-state index contributed by atoms with van der Waals surface area (Å²) in [6.07, 6.45) is 0. The average Bonchev–Trinajstić information content (AvgIpc) is 3.57. The minimum Gasteiger partial charge on any atom is -0.456 e. The quantitative estimate of drug-likeness (QED) is 0.186. The van der Waals surface area contributed by atoms with Crippen molar-refractivity contribution < 1.29 is 12.8 Å². The number of aromatic nitrogens is 1. The van der Waals surface area contributed by atoms with Crippen LogP contribution in [-0.4, -0.2) is 13.0 Å². The van der Waals surface area contributed by atoms with Gasteiger partial charge < -0.3 is 8.98 Å². The summed E-state index contributed by atoms with van der Waals surface area (Å²) in [6, 6.07) is 40.4. The molecule has 0 atom stereocenters. The fourth-order valence-corrected chi connectivity index (χ4v) is 8.60. The van der Waals surface area contributed by atoms with E-state index in [4.69, 9.17) is 11.0 Å². The highest BCUT2D eigenvalue weighted by atomic mass is 32.2. The van der Waals surface area contributed by atoms with Crippen molar-refractivity contribution >= 4 is 59.3 Å². The molecule has 8 aromatic rings. The second-order valence-corrected chi connectivity index (χ2v) is 13.8. The van der Waals surface area contributed by atoms with Crippen molar-refractivity contribution in [1.82, 2.24) is 4.57 Å². The molecule has 0 bridgehead atoms. The van der Waals surface area contributed by atoms with Crippen LogP contribution in [-0.2, 0) is 21.3 Å². The van der Waals surface area contributed by atoms with Gasteiger partial charge in [0.2, 0.25) is 0 Å². The molecule has 0 unspecified atom stereocenters. The van der Waals surface area contributed by atoms with Gasteiger partial charge in [-0.15, -0.1) is 0 Å². The molecule has 3 heterocycles. The molecule has 0 fully saturated rings. The number of benzene rings is 6. The smallest absolute Gasteiger partial charge is 0.188 e. The van der Waals surface area contributed by atoms with Gasteiger partial charge in [-0.05, 0) is 87.3 Å². The molecule has 6 aromatic carbocycles. The van der Waals surface area contributed by atoms with Crippen LogP contribution in [0.5, 0.6) is 0 Å². The van der Waals surface area contributed by atoms with Crippen molar-refractivity contribution in [3.8, 4) is 27.9 Å². The lowest BCUT2D eigenvalue weighted by molar-refractivity contribution is 0.595. The van der Waals surface area contributed by atoms with Crippen LogP contribution in [0.3, 0.4) is 0 Å². The SMILES string of the molecule is [C-]#[N+]c1ccc2c(c1)c1ccccc1n2-c1ccc2c(c1)-c1cc(-c3cccc4oc5ccccc5c34)ccc1CS(=O)(=O)C2. The molecule has 0 aliphatic carbocycles. The number of fused-ring (bicyclic) bond motifs is 9. The van der Waals surface area contributed by atoms with Crippen LogP contribution < -0.4 is 0 Å². The van der Waals surface area contributed by atoms with E-state index < -0.39 is 9.84 Å². The molecule has 1 aliphatic rings. The Kier molecular flexibility index (Phi) is 5.41. The molecule has 0 amide bonds. The highest BCUT2D eigenvalue weighted by Gasteiger charge is 2.26. The van der Waals surface area contributed by atoms with Gasteiger partial charge in [-0.25, -0.2) is 13.3 Å². The monoisotopic (exact) mass is 600 g/mol. The van der Waals surface area contributed by atoms with E-state index in [0.29, 0.717) is 5.69 Å². The third-order valence-corrected chi connectivity index (χ3v) is 10.5. The van der Waals surface area contributed by atoms with Crippen molar-refractivity contribution in [2.75, 3.05) is 0 Å². The molecular weight excluding hydrogens is 577 g/mol. The lowest BCUT2D eigenvalue weighted by Crippen LogP contribution is -2.05. The largest absolute Gasteiger partial charge is 0.456 e. The Morgan fingerprint density at radius 1 is 0.622 bits per heavy atom. The Morgan fingerprint density at radius 3 is 2.18 bits per heavy atom. The van der Waals surface area contributed by atoms with Crippen LogP contribution in [0.25, 0.3) is 76.5 Å². The fraction of sp³-hybridized carbons (Fsp3) is 0.0513. The number of furan rings is 1. The highest BCUT2D eigenvalue weighted by molar-refractivity contribution is 7.89. The molecule has 0 spiro atoms. The van der Waals surface area contributed by atoms with Gasteiger partial charge in [-0.3, -0.25) is 0 Å². The first kappa shape index (κ1) is 25.8. The molecule has 0 radical (unpaired) electrons. The van der Waals surface area contributed by atoms with Gasteiger partial charge in [0, 0.05) is 21.8 Å². The first-order chi connectivity index (χ1) is 22.0. The van der Waals surface area contributed by atoms with Crippen LogP contribution >= 0.6 is 0 Å². The summed E-state index contributed by atoms with van der Waals surface area (Å²) in [5, 5.41) is 4.18. The van der Waals surface area contributed by atoms with E-state index in [1.807, 2.05) is 84.9 Å². The van der Waals surface area contributed by atoms with E-state index in [0.717, 1.165) is 82.8 Å². The second-order valence-electron chi connectivity index (χ2n) is 11.7. The van der Waals surface area contributed by atoms with Crippen molar-refractivity contribution in [3.63, 3.8) is 0 Å². The van der Waals surface area contributed by atoms with Crippen LogP contribution in [0.1, 0.15) is 11.1 Å². The molecule has 0 N–H and O–H groups in total. The van der Waals surface area contributed by atoms with Crippen molar-refractivity contribution in [2.45, 2.75) is 11.5 Å². The molecule has 6 heteroatoms. The molecule has 45 heavy (non-hydrogen) atoms. The zero-order valence-corrected chi connectivity index (χ0v) is 24.8. The van der Waals surface area contributed by atoms with E-state index in [1.54, 1.807) is 0 Å². The predicted octanol–water partition coefficient (Wildman–Crippen LogP) is 10.00.